The second-order valence-electron chi connectivity index (χ2n) is 5.55. The fourth-order valence-corrected chi connectivity index (χ4v) is 3.26. The van der Waals surface area contributed by atoms with Gasteiger partial charge in [-0.15, -0.1) is 0 Å². The Morgan fingerprint density at radius 1 is 1.14 bits per heavy atom. The number of carbonyl (C=O) groups is 1. The Labute approximate surface area is 138 Å². The molecule has 1 aliphatic rings. The molecule has 0 spiro atoms. The molecule has 0 bridgehead atoms. The monoisotopic (exact) mass is 359 g/mol. The average Bonchev–Trinajstić information content (AvgIpc) is 3.04. The lowest BCUT2D eigenvalue weighted by molar-refractivity contribution is -0.141. The molecule has 1 amide bonds. The maximum atomic E-state index is 12.7. The lowest BCUT2D eigenvalue weighted by Gasteiger charge is -2.27. The highest BCUT2D eigenvalue weighted by Crippen LogP contribution is 2.34. The number of hydrogen-bond donors (Lipinski definition) is 1. The minimum Gasteiger partial charge on any atom is -0.378 e. The lowest BCUT2D eigenvalue weighted by atomic mass is 10.0. The number of hydrogen-bond acceptors (Lipinski definition) is 2. The van der Waals surface area contributed by atoms with Crippen molar-refractivity contribution in [1.82, 2.24) is 4.90 Å². The number of amides is 1. The van der Waals surface area contributed by atoms with E-state index in [9.17, 15) is 9.90 Å². The Balaban J connectivity index is 1.80. The number of aliphatic hydroxyl groups excluding tert-OH is 1. The van der Waals surface area contributed by atoms with Crippen LogP contribution >= 0.6 is 15.9 Å². The van der Waals surface area contributed by atoms with Gasteiger partial charge < -0.3 is 10.0 Å². The summed E-state index contributed by atoms with van der Waals surface area (Å²) in [6, 6.07) is 17.3. The van der Waals surface area contributed by atoms with Crippen LogP contribution < -0.4 is 0 Å². The SMILES string of the molecule is O=C(C(O)c1ccc(Br)cc1)N1CCCC1c1ccccc1. The summed E-state index contributed by atoms with van der Waals surface area (Å²) in [5, 5.41) is 10.4. The Bertz CT molecular complexity index is 642. The molecule has 3 rings (SSSR count). The van der Waals surface area contributed by atoms with E-state index >= 15 is 0 Å². The van der Waals surface area contributed by atoms with Crippen molar-refractivity contribution in [3.8, 4) is 0 Å². The van der Waals surface area contributed by atoms with Crippen LogP contribution in [-0.4, -0.2) is 22.5 Å². The van der Waals surface area contributed by atoms with E-state index in [4.69, 9.17) is 0 Å². The third-order valence-corrected chi connectivity index (χ3v) is 4.67. The van der Waals surface area contributed by atoms with Crippen LogP contribution in [0.5, 0.6) is 0 Å². The van der Waals surface area contributed by atoms with Gasteiger partial charge in [0.1, 0.15) is 0 Å². The molecule has 2 aromatic carbocycles. The second-order valence-corrected chi connectivity index (χ2v) is 6.47. The first-order chi connectivity index (χ1) is 10.7. The van der Waals surface area contributed by atoms with Crippen molar-refractivity contribution >= 4 is 21.8 Å². The van der Waals surface area contributed by atoms with Crippen LogP contribution in [0.15, 0.2) is 59.1 Å². The summed E-state index contributed by atoms with van der Waals surface area (Å²) in [5.74, 6) is -0.214. The Morgan fingerprint density at radius 2 is 1.82 bits per heavy atom. The van der Waals surface area contributed by atoms with Crippen molar-refractivity contribution in [2.75, 3.05) is 6.54 Å². The molecule has 1 heterocycles. The van der Waals surface area contributed by atoms with Crippen LogP contribution in [-0.2, 0) is 4.79 Å². The largest absolute Gasteiger partial charge is 0.378 e. The molecule has 22 heavy (non-hydrogen) atoms. The number of rotatable bonds is 3. The first-order valence-corrected chi connectivity index (χ1v) is 8.25. The summed E-state index contributed by atoms with van der Waals surface area (Å²) in [7, 11) is 0. The zero-order chi connectivity index (χ0) is 15.5. The fraction of sp³-hybridized carbons (Fsp3) is 0.278. The van der Waals surface area contributed by atoms with Crippen LogP contribution in [0.3, 0.4) is 0 Å². The first kappa shape index (κ1) is 15.3. The van der Waals surface area contributed by atoms with Crippen LogP contribution in [0.1, 0.15) is 36.1 Å². The van der Waals surface area contributed by atoms with Gasteiger partial charge in [-0.1, -0.05) is 58.4 Å². The molecule has 114 valence electrons. The van der Waals surface area contributed by atoms with E-state index in [0.717, 1.165) is 22.9 Å². The molecular formula is C18H18BrNO2. The number of nitrogens with zero attached hydrogens (tertiary/aromatic N) is 1. The van der Waals surface area contributed by atoms with Crippen molar-refractivity contribution < 1.29 is 9.90 Å². The molecule has 1 aliphatic heterocycles. The van der Waals surface area contributed by atoms with Gasteiger partial charge in [-0.2, -0.15) is 0 Å². The van der Waals surface area contributed by atoms with Gasteiger partial charge in [0.05, 0.1) is 6.04 Å². The summed E-state index contributed by atoms with van der Waals surface area (Å²) in [6.45, 7) is 0.700. The number of halogens is 1. The number of benzene rings is 2. The highest BCUT2D eigenvalue weighted by molar-refractivity contribution is 9.10. The van der Waals surface area contributed by atoms with E-state index in [2.05, 4.69) is 15.9 Å². The molecule has 1 saturated heterocycles. The average molecular weight is 360 g/mol. The van der Waals surface area contributed by atoms with Gasteiger partial charge in [0.2, 0.25) is 0 Å². The number of likely N-dealkylation sites (tertiary alicyclic amines) is 1. The topological polar surface area (TPSA) is 40.5 Å². The maximum absolute atomic E-state index is 12.7. The first-order valence-electron chi connectivity index (χ1n) is 7.46. The van der Waals surface area contributed by atoms with Gasteiger partial charge in [0, 0.05) is 11.0 Å². The molecule has 0 saturated carbocycles. The summed E-state index contributed by atoms with van der Waals surface area (Å²) < 4.78 is 0.930. The zero-order valence-electron chi connectivity index (χ0n) is 12.2. The minimum absolute atomic E-state index is 0.0683. The Hall–Kier alpha value is -1.65. The van der Waals surface area contributed by atoms with E-state index in [1.54, 1.807) is 12.1 Å². The molecule has 2 aromatic rings. The molecule has 3 nitrogen and oxygen atoms in total. The van der Waals surface area contributed by atoms with E-state index in [-0.39, 0.29) is 11.9 Å². The van der Waals surface area contributed by atoms with Gasteiger partial charge >= 0.3 is 0 Å². The van der Waals surface area contributed by atoms with E-state index < -0.39 is 6.10 Å². The van der Waals surface area contributed by atoms with Gasteiger partial charge in [-0.05, 0) is 36.1 Å². The molecular weight excluding hydrogens is 342 g/mol. The maximum Gasteiger partial charge on any atom is 0.256 e. The van der Waals surface area contributed by atoms with Gasteiger partial charge in [-0.3, -0.25) is 4.79 Å². The highest BCUT2D eigenvalue weighted by Gasteiger charge is 2.33. The molecule has 0 radical (unpaired) electrons. The molecule has 0 aliphatic carbocycles. The predicted octanol–water partition coefficient (Wildman–Crippen LogP) is 3.85. The van der Waals surface area contributed by atoms with E-state index in [1.165, 1.54) is 0 Å². The smallest absolute Gasteiger partial charge is 0.256 e. The lowest BCUT2D eigenvalue weighted by Crippen LogP contribution is -2.34. The summed E-state index contributed by atoms with van der Waals surface area (Å²) in [4.78, 5) is 14.5. The van der Waals surface area contributed by atoms with Crippen LogP contribution in [0.25, 0.3) is 0 Å². The second kappa shape index (κ2) is 6.63. The van der Waals surface area contributed by atoms with Gasteiger partial charge in [0.25, 0.3) is 5.91 Å². The predicted molar refractivity (Wildman–Crippen MR) is 89.2 cm³/mol. The normalized spacial score (nSPS) is 19.2. The molecule has 4 heteroatoms. The summed E-state index contributed by atoms with van der Waals surface area (Å²) >= 11 is 3.36. The van der Waals surface area contributed by atoms with Gasteiger partial charge in [0.15, 0.2) is 6.10 Å². The van der Waals surface area contributed by atoms with Crippen molar-refractivity contribution in [3.63, 3.8) is 0 Å². The van der Waals surface area contributed by atoms with Crippen molar-refractivity contribution in [2.24, 2.45) is 0 Å². The van der Waals surface area contributed by atoms with Crippen molar-refractivity contribution in [3.05, 3.63) is 70.2 Å². The third kappa shape index (κ3) is 3.08. The Morgan fingerprint density at radius 3 is 2.50 bits per heavy atom. The quantitative estimate of drug-likeness (QED) is 0.903. The van der Waals surface area contributed by atoms with E-state index in [1.807, 2.05) is 47.4 Å². The number of aliphatic hydroxyl groups is 1. The van der Waals surface area contributed by atoms with Crippen molar-refractivity contribution in [1.29, 1.82) is 0 Å². The van der Waals surface area contributed by atoms with E-state index in [0.29, 0.717) is 12.1 Å². The van der Waals surface area contributed by atoms with Crippen LogP contribution in [0.2, 0.25) is 0 Å². The number of carbonyl (C=O) groups excluding carboxylic acids is 1. The standard InChI is InChI=1S/C18H18BrNO2/c19-15-10-8-14(9-11-15)17(21)18(22)20-12-4-7-16(20)13-5-2-1-3-6-13/h1-3,5-6,8-11,16-17,21H,4,7,12H2. The van der Waals surface area contributed by atoms with Crippen LogP contribution in [0, 0.1) is 0 Å². The molecule has 1 N–H and O–H groups in total. The molecule has 2 atom stereocenters. The van der Waals surface area contributed by atoms with Crippen molar-refractivity contribution in [2.45, 2.75) is 25.0 Å². The highest BCUT2D eigenvalue weighted by atomic mass is 79.9. The molecule has 0 aromatic heterocycles. The Kier molecular flexibility index (Phi) is 4.60. The summed E-state index contributed by atoms with van der Waals surface area (Å²) in [6.07, 6.45) is 0.818. The fourth-order valence-electron chi connectivity index (χ4n) is 3.00. The molecule has 1 fully saturated rings. The van der Waals surface area contributed by atoms with Gasteiger partial charge in [-0.25, -0.2) is 0 Å². The summed E-state index contributed by atoms with van der Waals surface area (Å²) in [5.41, 5.74) is 1.77. The zero-order valence-corrected chi connectivity index (χ0v) is 13.7. The minimum atomic E-state index is -1.10. The molecule has 2 unspecified atom stereocenters. The third-order valence-electron chi connectivity index (χ3n) is 4.14. The van der Waals surface area contributed by atoms with Crippen LogP contribution in [0.4, 0.5) is 0 Å².